The molecule has 174 valence electrons. The van der Waals surface area contributed by atoms with Gasteiger partial charge >= 0.3 is 0 Å². The second-order valence-electron chi connectivity index (χ2n) is 8.97. The van der Waals surface area contributed by atoms with Crippen molar-refractivity contribution in [1.82, 2.24) is 20.0 Å². The molecule has 32 heavy (non-hydrogen) atoms. The number of aliphatic imine (C=N–C) groups is 1. The average molecular weight is 440 g/mol. The molecule has 0 amide bonds. The smallest absolute Gasteiger partial charge is 0.194 e. The number of nitrogens with one attached hydrogen (secondary N) is 1. The first-order chi connectivity index (χ1) is 15.7. The maximum Gasteiger partial charge on any atom is 0.194 e. The Labute approximate surface area is 191 Å². The summed E-state index contributed by atoms with van der Waals surface area (Å²) in [5.41, 5.74) is 2.39. The lowest BCUT2D eigenvalue weighted by molar-refractivity contribution is 0.198. The summed E-state index contributed by atoms with van der Waals surface area (Å²) in [5, 5.41) is 7.80. The molecule has 2 aromatic rings. The van der Waals surface area contributed by atoms with Crippen molar-refractivity contribution in [2.24, 2.45) is 18.0 Å². The van der Waals surface area contributed by atoms with Gasteiger partial charge in [-0.1, -0.05) is 12.1 Å². The van der Waals surface area contributed by atoms with E-state index in [1.807, 2.05) is 30.1 Å². The van der Waals surface area contributed by atoms with Crippen LogP contribution in [0.1, 0.15) is 50.2 Å². The largest absolute Gasteiger partial charge is 0.493 e. The van der Waals surface area contributed by atoms with E-state index < -0.39 is 0 Å². The Morgan fingerprint density at radius 1 is 1.25 bits per heavy atom. The first kappa shape index (κ1) is 22.5. The van der Waals surface area contributed by atoms with Gasteiger partial charge in [0.2, 0.25) is 0 Å². The quantitative estimate of drug-likeness (QED) is 0.501. The highest BCUT2D eigenvalue weighted by atomic mass is 16.5. The van der Waals surface area contributed by atoms with Gasteiger partial charge in [0.25, 0.3) is 0 Å². The van der Waals surface area contributed by atoms with Crippen LogP contribution in [0.2, 0.25) is 0 Å². The zero-order valence-electron chi connectivity index (χ0n) is 19.7. The van der Waals surface area contributed by atoms with Gasteiger partial charge in [-0.15, -0.1) is 0 Å². The topological polar surface area (TPSA) is 63.9 Å². The maximum absolute atomic E-state index is 6.40. The number of para-hydroxylation sites is 1. The van der Waals surface area contributed by atoms with E-state index in [1.54, 1.807) is 7.11 Å². The van der Waals surface area contributed by atoms with Gasteiger partial charge in [-0.3, -0.25) is 4.68 Å². The number of hydrogen-bond acceptors (Lipinski definition) is 4. The van der Waals surface area contributed by atoms with Crippen LogP contribution in [-0.4, -0.2) is 53.5 Å². The predicted octanol–water partition coefficient (Wildman–Crippen LogP) is 3.78. The summed E-state index contributed by atoms with van der Waals surface area (Å²) >= 11 is 0. The predicted molar refractivity (Wildman–Crippen MR) is 127 cm³/mol. The van der Waals surface area contributed by atoms with E-state index in [0.29, 0.717) is 12.5 Å². The van der Waals surface area contributed by atoms with Crippen molar-refractivity contribution < 1.29 is 9.47 Å². The van der Waals surface area contributed by atoms with Gasteiger partial charge in [0.1, 0.15) is 0 Å². The molecule has 2 aliphatic rings. The molecule has 1 aromatic heterocycles. The van der Waals surface area contributed by atoms with Gasteiger partial charge in [-0.05, 0) is 63.0 Å². The van der Waals surface area contributed by atoms with E-state index in [0.717, 1.165) is 61.9 Å². The molecule has 1 aliphatic carbocycles. The molecule has 1 unspecified atom stereocenters. The summed E-state index contributed by atoms with van der Waals surface area (Å²) in [5.74, 6) is 3.27. The van der Waals surface area contributed by atoms with E-state index >= 15 is 0 Å². The molecule has 1 atom stereocenters. The Morgan fingerprint density at radius 2 is 2.09 bits per heavy atom. The van der Waals surface area contributed by atoms with Crippen molar-refractivity contribution in [1.29, 1.82) is 0 Å². The van der Waals surface area contributed by atoms with Crippen LogP contribution in [0.5, 0.6) is 11.5 Å². The number of rotatable bonds is 8. The standard InChI is InChI=1S/C25H37N5O2/c1-4-26-25(30-13-12-19(18-30)14-20-15-28-29(2)17-20)27-16-21-8-7-11-23(31-3)24(21)32-22-9-5-6-10-22/h7-8,11,15,17,19,22H,4-6,9-10,12-14,16,18H2,1-3H3,(H,26,27). The molecule has 1 aromatic carbocycles. The molecular formula is C25H37N5O2. The molecule has 2 fully saturated rings. The molecule has 0 radical (unpaired) electrons. The van der Waals surface area contributed by atoms with Crippen LogP contribution in [-0.2, 0) is 20.0 Å². The van der Waals surface area contributed by atoms with Gasteiger partial charge < -0.3 is 19.7 Å². The van der Waals surface area contributed by atoms with Crippen molar-refractivity contribution in [2.45, 2.75) is 58.1 Å². The third kappa shape index (κ3) is 5.56. The van der Waals surface area contributed by atoms with E-state index in [4.69, 9.17) is 14.5 Å². The fourth-order valence-electron chi connectivity index (χ4n) is 4.84. The number of hydrogen-bond donors (Lipinski definition) is 1. The molecule has 1 N–H and O–H groups in total. The van der Waals surface area contributed by atoms with Gasteiger partial charge in [0, 0.05) is 38.4 Å². The number of guanidine groups is 1. The highest BCUT2D eigenvalue weighted by molar-refractivity contribution is 5.80. The fraction of sp³-hybridized carbons (Fsp3) is 0.600. The molecular weight excluding hydrogens is 402 g/mol. The van der Waals surface area contributed by atoms with Gasteiger partial charge in [-0.2, -0.15) is 5.10 Å². The maximum atomic E-state index is 6.40. The average Bonchev–Trinajstić information content (AvgIpc) is 3.55. The summed E-state index contributed by atoms with van der Waals surface area (Å²) < 4.78 is 13.9. The number of benzene rings is 1. The number of aryl methyl sites for hydroxylation is 1. The van der Waals surface area contributed by atoms with Crippen LogP contribution >= 0.6 is 0 Å². The molecule has 2 heterocycles. The molecule has 7 heteroatoms. The van der Waals surface area contributed by atoms with E-state index in [9.17, 15) is 0 Å². The van der Waals surface area contributed by atoms with E-state index in [1.165, 1.54) is 24.8 Å². The van der Waals surface area contributed by atoms with Gasteiger partial charge in [0.05, 0.1) is 26.0 Å². The highest BCUT2D eigenvalue weighted by Gasteiger charge is 2.26. The molecule has 7 nitrogen and oxygen atoms in total. The zero-order chi connectivity index (χ0) is 22.3. The monoisotopic (exact) mass is 439 g/mol. The van der Waals surface area contributed by atoms with Crippen molar-refractivity contribution in [3.05, 3.63) is 41.7 Å². The Hall–Kier alpha value is -2.70. The van der Waals surface area contributed by atoms with Crippen molar-refractivity contribution in [3.63, 3.8) is 0 Å². The zero-order valence-corrected chi connectivity index (χ0v) is 19.7. The lowest BCUT2D eigenvalue weighted by atomic mass is 10.0. The number of nitrogens with zero attached hydrogens (tertiary/aromatic N) is 4. The van der Waals surface area contributed by atoms with Crippen molar-refractivity contribution >= 4 is 5.96 Å². The molecule has 0 bridgehead atoms. The van der Waals surface area contributed by atoms with Crippen LogP contribution in [0, 0.1) is 5.92 Å². The number of aromatic nitrogens is 2. The third-order valence-corrected chi connectivity index (χ3v) is 6.47. The Bertz CT molecular complexity index is 903. The summed E-state index contributed by atoms with van der Waals surface area (Å²) in [6.45, 7) is 5.60. The molecule has 4 rings (SSSR count). The van der Waals surface area contributed by atoms with Crippen molar-refractivity contribution in [3.8, 4) is 11.5 Å². The van der Waals surface area contributed by atoms with E-state index in [-0.39, 0.29) is 6.10 Å². The lowest BCUT2D eigenvalue weighted by Gasteiger charge is -2.22. The number of methoxy groups -OCH3 is 1. The van der Waals surface area contributed by atoms with Crippen LogP contribution in [0.4, 0.5) is 0 Å². The Balaban J connectivity index is 1.45. The Kier molecular flexibility index (Phi) is 7.55. The summed E-state index contributed by atoms with van der Waals surface area (Å²) in [6.07, 6.45) is 11.4. The fourth-order valence-corrected chi connectivity index (χ4v) is 4.84. The van der Waals surface area contributed by atoms with Gasteiger partial charge in [-0.25, -0.2) is 4.99 Å². The molecule has 1 saturated heterocycles. The minimum atomic E-state index is 0.286. The van der Waals surface area contributed by atoms with Crippen LogP contribution < -0.4 is 14.8 Å². The highest BCUT2D eigenvalue weighted by Crippen LogP contribution is 2.35. The summed E-state index contributed by atoms with van der Waals surface area (Å²) in [7, 11) is 3.68. The van der Waals surface area contributed by atoms with Gasteiger partial charge in [0.15, 0.2) is 17.5 Å². The van der Waals surface area contributed by atoms with Crippen LogP contribution in [0.3, 0.4) is 0 Å². The second-order valence-corrected chi connectivity index (χ2v) is 8.97. The third-order valence-electron chi connectivity index (χ3n) is 6.47. The number of likely N-dealkylation sites (tertiary alicyclic amines) is 1. The normalized spacial score (nSPS) is 19.5. The lowest BCUT2D eigenvalue weighted by Crippen LogP contribution is -2.40. The Morgan fingerprint density at radius 3 is 2.81 bits per heavy atom. The van der Waals surface area contributed by atoms with Crippen LogP contribution in [0.15, 0.2) is 35.6 Å². The molecule has 1 saturated carbocycles. The first-order valence-corrected chi connectivity index (χ1v) is 12.0. The van der Waals surface area contributed by atoms with Crippen LogP contribution in [0.25, 0.3) is 0 Å². The minimum absolute atomic E-state index is 0.286. The first-order valence-electron chi connectivity index (χ1n) is 12.0. The summed E-state index contributed by atoms with van der Waals surface area (Å²) in [6, 6.07) is 6.11. The molecule has 1 aliphatic heterocycles. The minimum Gasteiger partial charge on any atom is -0.493 e. The molecule has 0 spiro atoms. The van der Waals surface area contributed by atoms with Crippen molar-refractivity contribution in [2.75, 3.05) is 26.7 Å². The number of ether oxygens (including phenoxy) is 2. The SMILES string of the molecule is CCNC(=NCc1cccc(OC)c1OC1CCCC1)N1CCC(Cc2cnn(C)c2)C1. The summed E-state index contributed by atoms with van der Waals surface area (Å²) in [4.78, 5) is 7.39. The van der Waals surface area contributed by atoms with E-state index in [2.05, 4.69) is 34.5 Å². The second kappa shape index (κ2) is 10.7.